The Hall–Kier alpha value is -2.36. The van der Waals surface area contributed by atoms with E-state index in [1.807, 2.05) is 36.4 Å². The summed E-state index contributed by atoms with van der Waals surface area (Å²) in [5, 5.41) is 0. The molecule has 1 aromatic carbocycles. The summed E-state index contributed by atoms with van der Waals surface area (Å²) >= 11 is 0. The van der Waals surface area contributed by atoms with Crippen LogP contribution in [0.5, 0.6) is 5.75 Å². The number of benzene rings is 1. The largest absolute Gasteiger partial charge is 0.487 e. The molecule has 0 radical (unpaired) electrons. The van der Waals surface area contributed by atoms with E-state index < -0.39 is 0 Å². The van der Waals surface area contributed by atoms with Gasteiger partial charge in [0.05, 0.1) is 6.20 Å². The highest BCUT2D eigenvalue weighted by Crippen LogP contribution is 2.14. The Labute approximate surface area is 112 Å². The van der Waals surface area contributed by atoms with Crippen molar-refractivity contribution in [1.82, 2.24) is 4.98 Å². The van der Waals surface area contributed by atoms with E-state index in [0.29, 0.717) is 12.4 Å². The number of nitrogens with zero attached hydrogens (tertiary/aromatic N) is 1. The minimum atomic E-state index is -0.289. The van der Waals surface area contributed by atoms with Crippen molar-refractivity contribution in [2.75, 3.05) is 0 Å². The molecular weight excluding hydrogens is 242 g/mol. The molecule has 0 aliphatic heterocycles. The predicted octanol–water partition coefficient (Wildman–Crippen LogP) is 2.72. The van der Waals surface area contributed by atoms with E-state index in [9.17, 15) is 4.79 Å². The van der Waals surface area contributed by atoms with Crippen LogP contribution in [0.1, 0.15) is 18.1 Å². The second-order valence-electron chi connectivity index (χ2n) is 4.03. The first-order chi connectivity index (χ1) is 9.25. The molecule has 4 nitrogen and oxygen atoms in total. The summed E-state index contributed by atoms with van der Waals surface area (Å²) in [7, 11) is 0. The molecule has 0 unspecified atom stereocenters. The Morgan fingerprint density at radius 1 is 1.11 bits per heavy atom. The number of esters is 1. The van der Waals surface area contributed by atoms with E-state index in [2.05, 4.69) is 4.98 Å². The average molecular weight is 257 g/mol. The topological polar surface area (TPSA) is 48.4 Å². The quantitative estimate of drug-likeness (QED) is 0.773. The van der Waals surface area contributed by atoms with Crippen LogP contribution in [0.2, 0.25) is 0 Å². The lowest BCUT2D eigenvalue weighted by Gasteiger charge is -2.10. The van der Waals surface area contributed by atoms with Gasteiger partial charge in [0.25, 0.3) is 0 Å². The Morgan fingerprint density at radius 2 is 1.84 bits per heavy atom. The van der Waals surface area contributed by atoms with Crippen molar-refractivity contribution in [3.8, 4) is 5.75 Å². The molecule has 4 heteroatoms. The monoisotopic (exact) mass is 257 g/mol. The summed E-state index contributed by atoms with van der Waals surface area (Å²) in [6.07, 6.45) is 3.36. The van der Waals surface area contributed by atoms with Crippen molar-refractivity contribution in [3.05, 3.63) is 59.9 Å². The van der Waals surface area contributed by atoms with Gasteiger partial charge in [-0.25, -0.2) is 0 Å². The van der Waals surface area contributed by atoms with Crippen molar-refractivity contribution >= 4 is 5.97 Å². The zero-order valence-corrected chi connectivity index (χ0v) is 10.7. The second-order valence-corrected chi connectivity index (χ2v) is 4.03. The molecule has 0 fully saturated rings. The highest BCUT2D eigenvalue weighted by atomic mass is 16.5. The number of pyridine rings is 1. The molecule has 2 rings (SSSR count). The first-order valence-corrected chi connectivity index (χ1v) is 5.98. The zero-order chi connectivity index (χ0) is 13.5. The SMILES string of the molecule is CC(=O)OCc1ccccc1COc1cccnc1. The van der Waals surface area contributed by atoms with Gasteiger partial charge in [-0.2, -0.15) is 0 Å². The smallest absolute Gasteiger partial charge is 0.302 e. The van der Waals surface area contributed by atoms with E-state index in [1.54, 1.807) is 12.4 Å². The Kier molecular flexibility index (Phi) is 4.50. The van der Waals surface area contributed by atoms with Gasteiger partial charge in [-0.05, 0) is 23.3 Å². The molecule has 0 spiro atoms. The fourth-order valence-corrected chi connectivity index (χ4v) is 1.61. The number of aromatic nitrogens is 1. The molecule has 0 amide bonds. The van der Waals surface area contributed by atoms with Crippen molar-refractivity contribution in [2.24, 2.45) is 0 Å². The normalized spacial score (nSPS) is 9.95. The molecule has 0 aliphatic rings. The molecule has 1 aromatic heterocycles. The van der Waals surface area contributed by atoms with E-state index in [0.717, 1.165) is 11.1 Å². The Morgan fingerprint density at radius 3 is 2.47 bits per heavy atom. The van der Waals surface area contributed by atoms with Crippen molar-refractivity contribution in [3.63, 3.8) is 0 Å². The maximum absolute atomic E-state index is 10.8. The van der Waals surface area contributed by atoms with Crippen LogP contribution in [0.3, 0.4) is 0 Å². The molecule has 19 heavy (non-hydrogen) atoms. The summed E-state index contributed by atoms with van der Waals surface area (Å²) in [6.45, 7) is 2.08. The van der Waals surface area contributed by atoms with Crippen LogP contribution >= 0.6 is 0 Å². The maximum atomic E-state index is 10.8. The minimum Gasteiger partial charge on any atom is -0.487 e. The fourth-order valence-electron chi connectivity index (χ4n) is 1.61. The molecule has 2 aromatic rings. The van der Waals surface area contributed by atoms with Gasteiger partial charge in [-0.1, -0.05) is 24.3 Å². The lowest BCUT2D eigenvalue weighted by atomic mass is 10.1. The van der Waals surface area contributed by atoms with E-state index >= 15 is 0 Å². The van der Waals surface area contributed by atoms with E-state index in [-0.39, 0.29) is 12.6 Å². The molecule has 0 aliphatic carbocycles. The summed E-state index contributed by atoms with van der Waals surface area (Å²) in [5.41, 5.74) is 1.94. The molecule has 0 bridgehead atoms. The van der Waals surface area contributed by atoms with Crippen molar-refractivity contribution in [1.29, 1.82) is 0 Å². The van der Waals surface area contributed by atoms with Crippen LogP contribution in [0.15, 0.2) is 48.8 Å². The number of carbonyl (C=O) groups is 1. The molecular formula is C15H15NO3. The van der Waals surface area contributed by atoms with Gasteiger partial charge in [0.15, 0.2) is 0 Å². The minimum absolute atomic E-state index is 0.266. The van der Waals surface area contributed by atoms with Crippen LogP contribution in [0, 0.1) is 0 Å². The standard InChI is InChI=1S/C15H15NO3/c1-12(17)18-10-13-5-2-3-6-14(13)11-19-15-7-4-8-16-9-15/h2-9H,10-11H2,1H3. The second kappa shape index (κ2) is 6.54. The number of carbonyl (C=O) groups excluding carboxylic acids is 1. The molecule has 0 N–H and O–H groups in total. The molecule has 0 atom stereocenters. The third-order valence-electron chi connectivity index (χ3n) is 2.58. The summed E-state index contributed by atoms with van der Waals surface area (Å²) in [4.78, 5) is 14.8. The molecule has 0 saturated heterocycles. The van der Waals surface area contributed by atoms with Gasteiger partial charge >= 0.3 is 5.97 Å². The summed E-state index contributed by atoms with van der Waals surface area (Å²) in [5.74, 6) is 0.424. The van der Waals surface area contributed by atoms with E-state index in [4.69, 9.17) is 9.47 Å². The zero-order valence-electron chi connectivity index (χ0n) is 10.7. The number of hydrogen-bond acceptors (Lipinski definition) is 4. The van der Waals surface area contributed by atoms with Crippen LogP contribution in [-0.4, -0.2) is 11.0 Å². The van der Waals surface area contributed by atoms with E-state index in [1.165, 1.54) is 6.92 Å². The van der Waals surface area contributed by atoms with Crippen LogP contribution in [0.25, 0.3) is 0 Å². The average Bonchev–Trinajstić information content (AvgIpc) is 2.45. The highest BCUT2D eigenvalue weighted by molar-refractivity contribution is 5.65. The first kappa shape index (κ1) is 13.1. The van der Waals surface area contributed by atoms with Crippen molar-refractivity contribution < 1.29 is 14.3 Å². The molecule has 98 valence electrons. The maximum Gasteiger partial charge on any atom is 0.302 e. The molecule has 1 heterocycles. The lowest BCUT2D eigenvalue weighted by Crippen LogP contribution is -2.04. The fraction of sp³-hybridized carbons (Fsp3) is 0.200. The van der Waals surface area contributed by atoms with Crippen LogP contribution in [0.4, 0.5) is 0 Å². The lowest BCUT2D eigenvalue weighted by molar-refractivity contribution is -0.142. The number of ether oxygens (including phenoxy) is 2. The number of rotatable bonds is 5. The Bertz CT molecular complexity index is 540. The summed E-state index contributed by atoms with van der Waals surface area (Å²) < 4.78 is 10.7. The summed E-state index contributed by atoms with van der Waals surface area (Å²) in [6, 6.07) is 11.4. The third kappa shape index (κ3) is 4.10. The van der Waals surface area contributed by atoms with Gasteiger partial charge in [-0.15, -0.1) is 0 Å². The van der Waals surface area contributed by atoms with Crippen LogP contribution in [-0.2, 0) is 22.7 Å². The van der Waals surface area contributed by atoms with Gasteiger partial charge in [0.1, 0.15) is 19.0 Å². The van der Waals surface area contributed by atoms with Gasteiger partial charge in [-0.3, -0.25) is 9.78 Å². The highest BCUT2D eigenvalue weighted by Gasteiger charge is 2.04. The van der Waals surface area contributed by atoms with Crippen LogP contribution < -0.4 is 4.74 Å². The Balaban J connectivity index is 2.01. The number of hydrogen-bond donors (Lipinski definition) is 0. The first-order valence-electron chi connectivity index (χ1n) is 5.98. The van der Waals surface area contributed by atoms with Crippen molar-refractivity contribution in [2.45, 2.75) is 20.1 Å². The van der Waals surface area contributed by atoms with Gasteiger partial charge in [0.2, 0.25) is 0 Å². The van der Waals surface area contributed by atoms with Gasteiger partial charge < -0.3 is 9.47 Å². The third-order valence-corrected chi connectivity index (χ3v) is 2.58. The predicted molar refractivity (Wildman–Crippen MR) is 70.5 cm³/mol. The van der Waals surface area contributed by atoms with Gasteiger partial charge in [0, 0.05) is 13.1 Å². The molecule has 0 saturated carbocycles.